The maximum atomic E-state index is 12.7. The second-order valence-corrected chi connectivity index (χ2v) is 8.52. The van der Waals surface area contributed by atoms with Crippen LogP contribution in [-0.2, 0) is 9.59 Å². The molecule has 138 valence electrons. The highest BCUT2D eigenvalue weighted by Gasteiger charge is 2.47. The molecule has 1 aromatic heterocycles. The number of halogens is 1. The molecule has 0 bridgehead atoms. The Morgan fingerprint density at radius 3 is 3.04 bits per heavy atom. The summed E-state index contributed by atoms with van der Waals surface area (Å²) in [6.45, 7) is 3.53. The van der Waals surface area contributed by atoms with Crippen LogP contribution in [0.25, 0.3) is 0 Å². The molecule has 1 aliphatic heterocycles. The number of carbonyl (C=O) groups excluding carboxylic acids is 2. The number of aromatic nitrogens is 2. The zero-order valence-corrected chi connectivity index (χ0v) is 16.6. The summed E-state index contributed by atoms with van der Waals surface area (Å²) in [6.07, 6.45) is 2.19. The van der Waals surface area contributed by atoms with E-state index in [0.29, 0.717) is 21.6 Å². The van der Waals surface area contributed by atoms with E-state index >= 15 is 0 Å². The van der Waals surface area contributed by atoms with E-state index in [-0.39, 0.29) is 0 Å². The van der Waals surface area contributed by atoms with Crippen molar-refractivity contribution in [1.29, 1.82) is 0 Å². The summed E-state index contributed by atoms with van der Waals surface area (Å²) >= 11 is 8.77. The van der Waals surface area contributed by atoms with E-state index in [1.807, 2.05) is 0 Å². The second-order valence-electron chi connectivity index (χ2n) is 5.76. The second kappa shape index (κ2) is 7.81. The summed E-state index contributed by atoms with van der Waals surface area (Å²) in [4.78, 5) is 25.1. The number of thioether (sulfide) groups is 1. The number of unbranched alkanes of at least 4 members (excludes halogenated alkanes) is 1. The molecule has 1 aliphatic rings. The lowest BCUT2D eigenvalue weighted by molar-refractivity contribution is -0.143. The van der Waals surface area contributed by atoms with E-state index in [1.54, 1.807) is 30.0 Å². The van der Waals surface area contributed by atoms with Crippen LogP contribution in [-0.4, -0.2) is 33.4 Å². The predicted octanol–water partition coefficient (Wildman–Crippen LogP) is 3.81. The number of carbonyl (C=O) groups is 2. The Bertz CT molecular complexity index is 845. The van der Waals surface area contributed by atoms with Crippen LogP contribution < -0.4 is 15.4 Å². The van der Waals surface area contributed by atoms with Gasteiger partial charge in [0.05, 0.1) is 5.69 Å². The molecule has 2 aromatic rings. The first-order chi connectivity index (χ1) is 12.4. The number of ether oxygens (including phenoxy) is 1. The molecule has 0 radical (unpaired) electrons. The highest BCUT2D eigenvalue weighted by atomic mass is 35.5. The molecule has 26 heavy (non-hydrogen) atoms. The van der Waals surface area contributed by atoms with E-state index in [2.05, 4.69) is 27.8 Å². The summed E-state index contributed by atoms with van der Waals surface area (Å²) in [7, 11) is 0. The third-order valence-electron chi connectivity index (χ3n) is 3.72. The van der Waals surface area contributed by atoms with Gasteiger partial charge in [0.1, 0.15) is 5.75 Å². The van der Waals surface area contributed by atoms with Gasteiger partial charge in [0.25, 0.3) is 17.4 Å². The predicted molar refractivity (Wildman–Crippen MR) is 103 cm³/mol. The van der Waals surface area contributed by atoms with E-state index in [0.717, 1.165) is 22.9 Å². The molecule has 0 saturated heterocycles. The lowest BCUT2D eigenvalue weighted by Gasteiger charge is -2.32. The van der Waals surface area contributed by atoms with Crippen molar-refractivity contribution >= 4 is 57.3 Å². The molecule has 7 nitrogen and oxygen atoms in total. The fourth-order valence-corrected chi connectivity index (χ4v) is 4.26. The van der Waals surface area contributed by atoms with Crippen molar-refractivity contribution in [3.63, 3.8) is 0 Å². The van der Waals surface area contributed by atoms with Crippen molar-refractivity contribution in [1.82, 2.24) is 10.2 Å². The average molecular weight is 413 g/mol. The number of fused-ring (bicyclic) bond motifs is 1. The number of anilines is 2. The standard InChI is InChI=1S/C16H17ClN4O3S2/c1-3-4-7-25-15-21-20-14(26-15)19-13(23)16(2)12(22)18-10-8-9(17)5-6-11(10)24-16/h5-6,8H,3-4,7H2,1-2H3,(H,18,22)(H,19,20,23). The van der Waals surface area contributed by atoms with Crippen molar-refractivity contribution in [3.8, 4) is 5.75 Å². The van der Waals surface area contributed by atoms with Crippen LogP contribution in [0.2, 0.25) is 5.02 Å². The van der Waals surface area contributed by atoms with Crippen molar-refractivity contribution in [2.75, 3.05) is 16.4 Å². The molecular weight excluding hydrogens is 396 g/mol. The quantitative estimate of drug-likeness (QED) is 0.324. The molecule has 2 amide bonds. The van der Waals surface area contributed by atoms with E-state index < -0.39 is 17.4 Å². The third kappa shape index (κ3) is 3.94. The van der Waals surface area contributed by atoms with E-state index in [1.165, 1.54) is 18.3 Å². The molecule has 1 atom stereocenters. The maximum absolute atomic E-state index is 12.7. The topological polar surface area (TPSA) is 93.2 Å². The van der Waals surface area contributed by atoms with E-state index in [4.69, 9.17) is 16.3 Å². The Hall–Kier alpha value is -1.84. The number of amides is 2. The Balaban J connectivity index is 1.71. The van der Waals surface area contributed by atoms with Gasteiger partial charge >= 0.3 is 0 Å². The fourth-order valence-electron chi connectivity index (χ4n) is 2.19. The Morgan fingerprint density at radius 2 is 2.27 bits per heavy atom. The molecule has 10 heteroatoms. The first-order valence-electron chi connectivity index (χ1n) is 8.00. The van der Waals surface area contributed by atoms with Crippen molar-refractivity contribution < 1.29 is 14.3 Å². The van der Waals surface area contributed by atoms with Crippen LogP contribution in [0.15, 0.2) is 22.5 Å². The van der Waals surface area contributed by atoms with Gasteiger partial charge in [-0.05, 0) is 31.5 Å². The van der Waals surface area contributed by atoms with Gasteiger partial charge in [-0.3, -0.25) is 14.9 Å². The highest BCUT2D eigenvalue weighted by Crippen LogP contribution is 2.36. The SMILES string of the molecule is CCCCSc1nnc(NC(=O)C2(C)Oc3ccc(Cl)cc3NC2=O)s1. The molecule has 0 fully saturated rings. The number of rotatable bonds is 6. The molecule has 1 unspecified atom stereocenters. The van der Waals surface area contributed by atoms with Gasteiger partial charge in [-0.25, -0.2) is 0 Å². The summed E-state index contributed by atoms with van der Waals surface area (Å²) in [6, 6.07) is 4.80. The zero-order valence-electron chi connectivity index (χ0n) is 14.2. The molecular formula is C16H17ClN4O3S2. The summed E-state index contributed by atoms with van der Waals surface area (Å²) < 4.78 is 6.45. The number of hydrogen-bond acceptors (Lipinski definition) is 7. The number of benzene rings is 1. The van der Waals surface area contributed by atoms with Crippen LogP contribution in [0.5, 0.6) is 5.75 Å². The van der Waals surface area contributed by atoms with Crippen LogP contribution in [0.4, 0.5) is 10.8 Å². The molecule has 0 aliphatic carbocycles. The Morgan fingerprint density at radius 1 is 1.46 bits per heavy atom. The van der Waals surface area contributed by atoms with Gasteiger partial charge in [-0.15, -0.1) is 10.2 Å². The monoisotopic (exact) mass is 412 g/mol. The number of hydrogen-bond donors (Lipinski definition) is 2. The van der Waals surface area contributed by atoms with Crippen LogP contribution in [0.1, 0.15) is 26.7 Å². The molecule has 0 saturated carbocycles. The third-order valence-corrected chi connectivity index (χ3v) is 6.01. The van der Waals surface area contributed by atoms with Gasteiger partial charge < -0.3 is 10.1 Å². The minimum Gasteiger partial charge on any atom is -0.466 e. The van der Waals surface area contributed by atoms with Gasteiger partial charge in [0.2, 0.25) is 5.13 Å². The van der Waals surface area contributed by atoms with Crippen molar-refractivity contribution in [2.45, 2.75) is 36.6 Å². The highest BCUT2D eigenvalue weighted by molar-refractivity contribution is 8.01. The van der Waals surface area contributed by atoms with Gasteiger partial charge in [-0.1, -0.05) is 48.0 Å². The molecule has 2 heterocycles. The van der Waals surface area contributed by atoms with Gasteiger partial charge in [-0.2, -0.15) is 0 Å². The fraction of sp³-hybridized carbons (Fsp3) is 0.375. The molecule has 3 rings (SSSR count). The first-order valence-corrected chi connectivity index (χ1v) is 10.2. The minimum absolute atomic E-state index is 0.327. The average Bonchev–Trinajstić information content (AvgIpc) is 3.04. The normalized spacial score (nSPS) is 18.7. The first kappa shape index (κ1) is 18.9. The van der Waals surface area contributed by atoms with Crippen LogP contribution in [0.3, 0.4) is 0 Å². The van der Waals surface area contributed by atoms with E-state index in [9.17, 15) is 9.59 Å². The Kier molecular flexibility index (Phi) is 5.69. The number of nitrogens with zero attached hydrogens (tertiary/aromatic N) is 2. The summed E-state index contributed by atoms with van der Waals surface area (Å²) in [5.41, 5.74) is -1.29. The van der Waals surface area contributed by atoms with Gasteiger partial charge in [0, 0.05) is 10.8 Å². The lowest BCUT2D eigenvalue weighted by Crippen LogP contribution is -2.56. The Labute approximate surface area is 163 Å². The van der Waals surface area contributed by atoms with Crippen LogP contribution >= 0.6 is 34.7 Å². The van der Waals surface area contributed by atoms with Crippen molar-refractivity contribution in [2.24, 2.45) is 0 Å². The molecule has 2 N–H and O–H groups in total. The maximum Gasteiger partial charge on any atom is 0.280 e. The summed E-state index contributed by atoms with van der Waals surface area (Å²) in [5.74, 6) is 0.130. The largest absolute Gasteiger partial charge is 0.466 e. The van der Waals surface area contributed by atoms with Gasteiger partial charge in [0.15, 0.2) is 4.34 Å². The lowest BCUT2D eigenvalue weighted by atomic mass is 10.0. The number of nitrogens with one attached hydrogen (secondary N) is 2. The molecule has 1 aromatic carbocycles. The summed E-state index contributed by atoms with van der Waals surface area (Å²) in [5, 5.41) is 14.0. The van der Waals surface area contributed by atoms with Crippen LogP contribution in [0, 0.1) is 0 Å². The zero-order chi connectivity index (χ0) is 18.7. The molecule has 0 spiro atoms. The minimum atomic E-state index is -1.72. The van der Waals surface area contributed by atoms with Crippen molar-refractivity contribution in [3.05, 3.63) is 23.2 Å². The smallest absolute Gasteiger partial charge is 0.280 e.